The number of benzene rings is 3. The molecule has 0 bridgehead atoms. The predicted molar refractivity (Wildman–Crippen MR) is 164 cm³/mol. The molecule has 8 heteroatoms. The second-order valence-electron chi connectivity index (χ2n) is 10.3. The lowest BCUT2D eigenvalue weighted by atomic mass is 9.80. The molecule has 5 nitrogen and oxygen atoms in total. The summed E-state index contributed by atoms with van der Waals surface area (Å²) in [6.45, 7) is 4.82. The quantitative estimate of drug-likeness (QED) is 0.240. The zero-order valence-corrected chi connectivity index (χ0v) is 24.5. The van der Waals surface area contributed by atoms with Gasteiger partial charge < -0.3 is 4.90 Å². The highest BCUT2D eigenvalue weighted by Gasteiger charge is 2.47. The molecule has 4 aromatic rings. The Bertz CT molecular complexity index is 1640. The number of carbonyl (C=O) groups is 1. The topological polar surface area (TPSA) is 48.8 Å². The van der Waals surface area contributed by atoms with Crippen LogP contribution in [0, 0.1) is 5.92 Å². The van der Waals surface area contributed by atoms with Gasteiger partial charge in [-0.3, -0.25) is 14.7 Å². The van der Waals surface area contributed by atoms with Crippen LogP contribution in [0.1, 0.15) is 31.0 Å². The van der Waals surface area contributed by atoms with Crippen molar-refractivity contribution in [2.45, 2.75) is 32.5 Å². The number of carbonyl (C=O) groups excluding carboxylic acids is 1. The number of fused-ring (bicyclic) bond motifs is 3. The Hall–Kier alpha value is -3.38. The molecular formula is C32H27Cl3N4O. The molecule has 3 heterocycles. The van der Waals surface area contributed by atoms with Gasteiger partial charge in [-0.05, 0) is 61.4 Å². The van der Waals surface area contributed by atoms with Gasteiger partial charge in [-0.1, -0.05) is 77.3 Å². The van der Waals surface area contributed by atoms with Crippen molar-refractivity contribution in [3.8, 4) is 22.4 Å². The number of amides is 1. The SMILES string of the molecule is CC1=NC2c3cc(-c4ccc(Cl)cc4)c(-c4ccc(Cl)cc4Cl)nc3N(C)C(=O)C2C(C)N1Cc1ccccc1. The molecule has 0 fully saturated rings. The Morgan fingerprint density at radius 3 is 2.27 bits per heavy atom. The first kappa shape index (κ1) is 26.8. The van der Waals surface area contributed by atoms with E-state index in [9.17, 15) is 4.79 Å². The Labute approximate surface area is 249 Å². The summed E-state index contributed by atoms with van der Waals surface area (Å²) in [7, 11) is 1.79. The van der Waals surface area contributed by atoms with Crippen LogP contribution in [0.4, 0.5) is 5.82 Å². The molecule has 0 radical (unpaired) electrons. The van der Waals surface area contributed by atoms with Crippen LogP contribution in [0.5, 0.6) is 0 Å². The van der Waals surface area contributed by atoms with Gasteiger partial charge in [0.05, 0.1) is 28.5 Å². The van der Waals surface area contributed by atoms with Crippen molar-refractivity contribution in [3.63, 3.8) is 0 Å². The summed E-state index contributed by atoms with van der Waals surface area (Å²) in [4.78, 5) is 28.0. The number of anilines is 1. The fourth-order valence-electron chi connectivity index (χ4n) is 5.82. The van der Waals surface area contributed by atoms with Gasteiger partial charge in [0.25, 0.3) is 0 Å². The fourth-order valence-corrected chi connectivity index (χ4v) is 6.44. The summed E-state index contributed by atoms with van der Waals surface area (Å²) in [5, 5.41) is 1.66. The van der Waals surface area contributed by atoms with Crippen molar-refractivity contribution < 1.29 is 4.79 Å². The second kappa shape index (κ2) is 10.5. The number of hydrogen-bond donors (Lipinski definition) is 0. The van der Waals surface area contributed by atoms with Crippen molar-refractivity contribution in [1.82, 2.24) is 9.88 Å². The highest BCUT2D eigenvalue weighted by atomic mass is 35.5. The Kier molecular flexibility index (Phi) is 7.07. The molecule has 0 spiro atoms. The summed E-state index contributed by atoms with van der Waals surface area (Å²) >= 11 is 19.1. The number of amidine groups is 1. The molecule has 6 rings (SSSR count). The van der Waals surface area contributed by atoms with E-state index in [1.54, 1.807) is 24.1 Å². The van der Waals surface area contributed by atoms with E-state index >= 15 is 0 Å². The van der Waals surface area contributed by atoms with E-state index in [2.05, 4.69) is 30.0 Å². The van der Waals surface area contributed by atoms with E-state index in [4.69, 9.17) is 44.8 Å². The smallest absolute Gasteiger partial charge is 0.235 e. The molecule has 40 heavy (non-hydrogen) atoms. The van der Waals surface area contributed by atoms with Crippen LogP contribution in [0.25, 0.3) is 22.4 Å². The van der Waals surface area contributed by atoms with Crippen LogP contribution in [-0.2, 0) is 11.3 Å². The van der Waals surface area contributed by atoms with Gasteiger partial charge >= 0.3 is 0 Å². The molecule has 0 aliphatic carbocycles. The van der Waals surface area contributed by atoms with Crippen molar-refractivity contribution in [1.29, 1.82) is 0 Å². The zero-order valence-electron chi connectivity index (χ0n) is 22.3. The minimum absolute atomic E-state index is 0.000734. The zero-order chi connectivity index (χ0) is 28.1. The molecule has 2 aliphatic heterocycles. The summed E-state index contributed by atoms with van der Waals surface area (Å²) in [5.41, 5.74) is 5.30. The Morgan fingerprint density at radius 1 is 0.875 bits per heavy atom. The van der Waals surface area contributed by atoms with Crippen molar-refractivity contribution in [3.05, 3.63) is 105 Å². The minimum Gasteiger partial charge on any atom is -0.353 e. The molecule has 2 aliphatic rings. The first-order chi connectivity index (χ1) is 19.2. The van der Waals surface area contributed by atoms with Crippen LogP contribution in [-0.4, -0.2) is 34.7 Å². The van der Waals surface area contributed by atoms with Crippen molar-refractivity contribution >= 4 is 52.4 Å². The Morgan fingerprint density at radius 2 is 1.57 bits per heavy atom. The van der Waals surface area contributed by atoms with Crippen LogP contribution in [0.3, 0.4) is 0 Å². The minimum atomic E-state index is -0.353. The number of pyridine rings is 1. The molecule has 1 amide bonds. The third-order valence-corrected chi connectivity index (χ3v) is 8.71. The first-order valence-electron chi connectivity index (χ1n) is 13.1. The van der Waals surface area contributed by atoms with Crippen molar-refractivity contribution in [2.24, 2.45) is 10.9 Å². The van der Waals surface area contributed by atoms with E-state index in [-0.39, 0.29) is 23.9 Å². The van der Waals surface area contributed by atoms with Gasteiger partial charge in [-0.25, -0.2) is 4.98 Å². The lowest BCUT2D eigenvalue weighted by molar-refractivity contribution is -0.125. The van der Waals surface area contributed by atoms with Gasteiger partial charge in [0.15, 0.2) is 0 Å². The number of rotatable bonds is 4. The molecule has 0 N–H and O–H groups in total. The summed E-state index contributed by atoms with van der Waals surface area (Å²) in [6, 6.07) is 25.0. The lowest BCUT2D eigenvalue weighted by Crippen LogP contribution is -2.55. The number of nitrogens with zero attached hydrogens (tertiary/aromatic N) is 4. The molecule has 0 saturated heterocycles. The molecule has 202 valence electrons. The lowest BCUT2D eigenvalue weighted by Gasteiger charge is -2.46. The largest absolute Gasteiger partial charge is 0.353 e. The van der Waals surface area contributed by atoms with Gasteiger partial charge in [0, 0.05) is 46.4 Å². The highest BCUT2D eigenvalue weighted by Crippen LogP contribution is 2.48. The van der Waals surface area contributed by atoms with Crippen molar-refractivity contribution in [2.75, 3.05) is 11.9 Å². The van der Waals surface area contributed by atoms with Crippen LogP contribution >= 0.6 is 34.8 Å². The number of halogens is 3. The summed E-state index contributed by atoms with van der Waals surface area (Å²) in [6.07, 6.45) is 0. The van der Waals surface area contributed by atoms with Gasteiger partial charge in [0.2, 0.25) is 5.91 Å². The summed E-state index contributed by atoms with van der Waals surface area (Å²) < 4.78 is 0. The molecular weight excluding hydrogens is 563 g/mol. The maximum atomic E-state index is 13.9. The number of aromatic nitrogens is 1. The highest BCUT2D eigenvalue weighted by molar-refractivity contribution is 6.36. The third-order valence-electron chi connectivity index (χ3n) is 7.91. The average molecular weight is 590 g/mol. The average Bonchev–Trinajstić information content (AvgIpc) is 2.94. The monoisotopic (exact) mass is 588 g/mol. The maximum absolute atomic E-state index is 13.9. The van der Waals surface area contributed by atoms with E-state index in [1.165, 1.54) is 5.56 Å². The fraction of sp³-hybridized carbons (Fsp3) is 0.219. The van der Waals surface area contributed by atoms with Crippen LogP contribution in [0.15, 0.2) is 83.9 Å². The van der Waals surface area contributed by atoms with E-state index in [1.807, 2.05) is 55.5 Å². The van der Waals surface area contributed by atoms with E-state index in [0.29, 0.717) is 33.1 Å². The van der Waals surface area contributed by atoms with E-state index in [0.717, 1.165) is 28.1 Å². The van der Waals surface area contributed by atoms with Crippen LogP contribution in [0.2, 0.25) is 15.1 Å². The molecule has 1 aromatic heterocycles. The van der Waals surface area contributed by atoms with E-state index < -0.39 is 0 Å². The van der Waals surface area contributed by atoms with Gasteiger partial charge in [-0.2, -0.15) is 0 Å². The van der Waals surface area contributed by atoms with Gasteiger partial charge in [0.1, 0.15) is 5.82 Å². The number of hydrogen-bond acceptors (Lipinski definition) is 4. The maximum Gasteiger partial charge on any atom is 0.235 e. The molecule has 0 saturated carbocycles. The van der Waals surface area contributed by atoms with Gasteiger partial charge in [-0.15, -0.1) is 0 Å². The Balaban J connectivity index is 1.53. The van der Waals surface area contributed by atoms with Crippen LogP contribution < -0.4 is 4.90 Å². The molecule has 3 atom stereocenters. The third kappa shape index (κ3) is 4.66. The number of aliphatic imine (C=N–C) groups is 1. The standard InChI is InChI=1S/C32H27Cl3N4O/c1-18-28-30(36-19(2)39(18)17-20-7-5-4-6-8-20)26-16-25(21-9-11-22(33)12-10-21)29(37-31(26)38(3)32(28)40)24-14-13-23(34)15-27(24)35/h4-16,18,28,30H,17H2,1-3H3. The second-order valence-corrected chi connectivity index (χ2v) is 11.6. The predicted octanol–water partition coefficient (Wildman–Crippen LogP) is 8.33. The first-order valence-corrected chi connectivity index (χ1v) is 14.2. The summed E-state index contributed by atoms with van der Waals surface area (Å²) in [5.74, 6) is 1.14. The normalized spacial score (nSPS) is 20.2. The molecule has 3 unspecified atom stereocenters. The molecule has 3 aromatic carbocycles.